The van der Waals surface area contributed by atoms with E-state index in [9.17, 15) is 14.4 Å². The molecule has 60 heavy (non-hydrogen) atoms. The van der Waals surface area contributed by atoms with Crippen LogP contribution in [0, 0.1) is 0 Å². The predicted molar refractivity (Wildman–Crippen MR) is 256 cm³/mol. The first-order valence-electron chi connectivity index (χ1n) is 24.9. The second kappa shape index (κ2) is 48.5. The molecule has 0 radical (unpaired) electrons. The molecule has 0 rings (SSSR count). The highest BCUT2D eigenvalue weighted by Crippen LogP contribution is 2.15. The predicted octanol–water partition coefficient (Wildman–Crippen LogP) is 16.3. The summed E-state index contributed by atoms with van der Waals surface area (Å²) in [7, 11) is 0. The quantitative estimate of drug-likeness (QED) is 0.0263. The highest BCUT2D eigenvalue weighted by molar-refractivity contribution is 5.71. The summed E-state index contributed by atoms with van der Waals surface area (Å²) in [6.07, 6.45) is 60.7. The Morgan fingerprint density at radius 1 is 0.350 bits per heavy atom. The van der Waals surface area contributed by atoms with Gasteiger partial charge >= 0.3 is 17.9 Å². The minimum Gasteiger partial charge on any atom is -0.462 e. The van der Waals surface area contributed by atoms with E-state index in [1.165, 1.54) is 109 Å². The average molecular weight is 837 g/mol. The van der Waals surface area contributed by atoms with Gasteiger partial charge in [0.25, 0.3) is 0 Å². The molecular weight excluding hydrogens is 745 g/mol. The molecule has 0 aromatic heterocycles. The van der Waals surface area contributed by atoms with Gasteiger partial charge in [-0.15, -0.1) is 0 Å². The van der Waals surface area contributed by atoms with Gasteiger partial charge in [0.2, 0.25) is 0 Å². The maximum atomic E-state index is 12.7. The van der Waals surface area contributed by atoms with E-state index in [1.54, 1.807) is 0 Å². The minimum atomic E-state index is -0.799. The fraction of sp³-hybridized carbons (Fsp3) is 0.722. The van der Waals surface area contributed by atoms with Gasteiger partial charge < -0.3 is 14.2 Å². The Bertz CT molecular complexity index is 1140. The molecule has 344 valence electrons. The molecule has 0 fully saturated rings. The second-order valence-electron chi connectivity index (χ2n) is 16.4. The van der Waals surface area contributed by atoms with E-state index in [-0.39, 0.29) is 37.5 Å². The standard InChI is InChI=1S/C54H92O6/c1-4-7-10-13-16-18-20-22-24-26-27-29-30-32-34-36-38-41-44-47-53(56)59-50-51(49-58-52(55)46-43-40-15-12-9-6-3)60-54(57)48-45-42-39-37-35-33-31-28-25-23-21-19-17-14-11-8-5-2/h7,10,16,18,22,24,27,29,32,34,38,41,51H,4-6,8-9,11-15,17,19-21,23,25-26,28,30-31,33,35-37,39-40,42-50H2,1-3H3/b10-7-,18-16-,24-22-,29-27-,34-32-,41-38-. The van der Waals surface area contributed by atoms with Gasteiger partial charge in [-0.05, 0) is 57.8 Å². The normalized spacial score (nSPS) is 12.7. The molecule has 6 heteroatoms. The van der Waals surface area contributed by atoms with Crippen molar-refractivity contribution in [2.45, 2.75) is 239 Å². The number of hydrogen-bond acceptors (Lipinski definition) is 6. The Hall–Kier alpha value is -3.15. The van der Waals surface area contributed by atoms with Crippen molar-refractivity contribution in [1.82, 2.24) is 0 Å². The highest BCUT2D eigenvalue weighted by Gasteiger charge is 2.19. The summed E-state index contributed by atoms with van der Waals surface area (Å²) in [4.78, 5) is 37.7. The van der Waals surface area contributed by atoms with Crippen LogP contribution in [0.25, 0.3) is 0 Å². The van der Waals surface area contributed by atoms with Crippen molar-refractivity contribution in [3.05, 3.63) is 72.9 Å². The minimum absolute atomic E-state index is 0.0973. The van der Waals surface area contributed by atoms with Crippen LogP contribution in [0.5, 0.6) is 0 Å². The van der Waals surface area contributed by atoms with Crippen molar-refractivity contribution in [3.8, 4) is 0 Å². The van der Waals surface area contributed by atoms with Crippen LogP contribution in [0.4, 0.5) is 0 Å². The smallest absolute Gasteiger partial charge is 0.306 e. The fourth-order valence-electron chi connectivity index (χ4n) is 6.76. The number of esters is 3. The Kier molecular flexibility index (Phi) is 46.0. The first-order valence-corrected chi connectivity index (χ1v) is 24.9. The largest absolute Gasteiger partial charge is 0.462 e. The van der Waals surface area contributed by atoms with Crippen molar-refractivity contribution < 1.29 is 28.6 Å². The van der Waals surface area contributed by atoms with Crippen molar-refractivity contribution >= 4 is 17.9 Å². The zero-order valence-corrected chi connectivity index (χ0v) is 39.2. The molecule has 0 N–H and O–H groups in total. The Morgan fingerprint density at radius 2 is 0.650 bits per heavy atom. The first kappa shape index (κ1) is 56.9. The fourth-order valence-corrected chi connectivity index (χ4v) is 6.76. The SMILES string of the molecule is CC/C=C\C/C=C\C/C=C\C/C=C\C/C=C\C/C=C\CCC(=O)OCC(COC(=O)CCCCCCCC)OC(=O)CCCCCCCCCCCCCCCCCCC. The number of hydrogen-bond donors (Lipinski definition) is 0. The number of unbranched alkanes of at least 4 members (excludes halogenated alkanes) is 21. The first-order chi connectivity index (χ1) is 29.5. The zero-order chi connectivity index (χ0) is 43.7. The third-order valence-corrected chi connectivity index (χ3v) is 10.5. The van der Waals surface area contributed by atoms with E-state index >= 15 is 0 Å². The molecule has 1 atom stereocenters. The number of allylic oxidation sites excluding steroid dienone is 12. The van der Waals surface area contributed by atoms with Crippen LogP contribution >= 0.6 is 0 Å². The van der Waals surface area contributed by atoms with Crippen molar-refractivity contribution in [1.29, 1.82) is 0 Å². The lowest BCUT2D eigenvalue weighted by atomic mass is 10.0. The van der Waals surface area contributed by atoms with E-state index in [2.05, 4.69) is 87.6 Å². The Balaban J connectivity index is 4.34. The number of carbonyl (C=O) groups is 3. The van der Waals surface area contributed by atoms with Crippen molar-refractivity contribution in [2.24, 2.45) is 0 Å². The van der Waals surface area contributed by atoms with Gasteiger partial charge in [0, 0.05) is 19.3 Å². The second-order valence-corrected chi connectivity index (χ2v) is 16.4. The molecule has 0 aliphatic rings. The molecule has 0 aromatic carbocycles. The monoisotopic (exact) mass is 837 g/mol. The third-order valence-electron chi connectivity index (χ3n) is 10.5. The lowest BCUT2D eigenvalue weighted by Crippen LogP contribution is -2.30. The molecule has 0 amide bonds. The molecule has 0 spiro atoms. The Labute approximate surface area is 370 Å². The molecule has 0 aromatic rings. The van der Waals surface area contributed by atoms with E-state index in [1.807, 2.05) is 6.08 Å². The topological polar surface area (TPSA) is 78.9 Å². The maximum absolute atomic E-state index is 12.7. The lowest BCUT2D eigenvalue weighted by Gasteiger charge is -2.18. The number of carbonyl (C=O) groups excluding carboxylic acids is 3. The molecule has 0 saturated carbocycles. The van der Waals surface area contributed by atoms with Gasteiger partial charge in [0.15, 0.2) is 6.10 Å². The molecule has 0 aliphatic carbocycles. The van der Waals surface area contributed by atoms with Crippen LogP contribution in [-0.2, 0) is 28.6 Å². The van der Waals surface area contributed by atoms with Gasteiger partial charge in [-0.25, -0.2) is 0 Å². The van der Waals surface area contributed by atoms with Crippen LogP contribution in [0.1, 0.15) is 233 Å². The van der Waals surface area contributed by atoms with Crippen molar-refractivity contribution in [3.63, 3.8) is 0 Å². The summed E-state index contributed by atoms with van der Waals surface area (Å²) in [6.45, 7) is 6.40. The van der Waals surface area contributed by atoms with Gasteiger partial charge in [-0.2, -0.15) is 0 Å². The van der Waals surface area contributed by atoms with Crippen molar-refractivity contribution in [2.75, 3.05) is 13.2 Å². The summed E-state index contributed by atoms with van der Waals surface area (Å²) in [5.41, 5.74) is 0. The molecule has 0 saturated heterocycles. The molecule has 0 bridgehead atoms. The van der Waals surface area contributed by atoms with Crippen LogP contribution in [0.3, 0.4) is 0 Å². The summed E-state index contributed by atoms with van der Waals surface area (Å²) in [5, 5.41) is 0. The molecule has 6 nitrogen and oxygen atoms in total. The van der Waals surface area contributed by atoms with Gasteiger partial charge in [0.1, 0.15) is 13.2 Å². The van der Waals surface area contributed by atoms with Crippen LogP contribution in [0.2, 0.25) is 0 Å². The van der Waals surface area contributed by atoms with Gasteiger partial charge in [-0.3, -0.25) is 14.4 Å². The average Bonchev–Trinajstić information content (AvgIpc) is 3.24. The molecule has 0 aliphatic heterocycles. The number of ether oxygens (including phenoxy) is 3. The van der Waals surface area contributed by atoms with Gasteiger partial charge in [0.05, 0.1) is 0 Å². The highest BCUT2D eigenvalue weighted by atomic mass is 16.6. The van der Waals surface area contributed by atoms with E-state index < -0.39 is 6.10 Å². The van der Waals surface area contributed by atoms with E-state index in [0.717, 1.165) is 77.0 Å². The zero-order valence-electron chi connectivity index (χ0n) is 39.2. The summed E-state index contributed by atoms with van der Waals surface area (Å²) < 4.78 is 16.6. The maximum Gasteiger partial charge on any atom is 0.306 e. The molecular formula is C54H92O6. The van der Waals surface area contributed by atoms with Crippen LogP contribution in [-0.4, -0.2) is 37.2 Å². The molecule has 0 heterocycles. The van der Waals surface area contributed by atoms with Crippen LogP contribution in [0.15, 0.2) is 72.9 Å². The lowest BCUT2D eigenvalue weighted by molar-refractivity contribution is -0.166. The van der Waals surface area contributed by atoms with E-state index in [0.29, 0.717) is 19.3 Å². The summed E-state index contributed by atoms with van der Waals surface area (Å²) >= 11 is 0. The summed E-state index contributed by atoms with van der Waals surface area (Å²) in [5.74, 6) is -0.993. The Morgan fingerprint density at radius 3 is 1.02 bits per heavy atom. The third kappa shape index (κ3) is 45.9. The molecule has 1 unspecified atom stereocenters. The number of rotatable bonds is 44. The van der Waals surface area contributed by atoms with Gasteiger partial charge in [-0.1, -0.05) is 229 Å². The van der Waals surface area contributed by atoms with E-state index in [4.69, 9.17) is 14.2 Å². The summed E-state index contributed by atoms with van der Waals surface area (Å²) in [6, 6.07) is 0. The van der Waals surface area contributed by atoms with Crippen LogP contribution < -0.4 is 0 Å².